The fraction of sp³-hybridized carbons (Fsp3) is 0.500. The van der Waals surface area contributed by atoms with Crippen molar-refractivity contribution in [3.8, 4) is 0 Å². The topological polar surface area (TPSA) is 26.0 Å². The lowest BCUT2D eigenvalue weighted by Crippen LogP contribution is -2.25. The van der Waals surface area contributed by atoms with Crippen molar-refractivity contribution in [3.05, 3.63) is 22.7 Å². The third kappa shape index (κ3) is 1.70. The number of hydrogen-bond donors (Lipinski definition) is 1. The van der Waals surface area contributed by atoms with Gasteiger partial charge < -0.3 is 5.73 Å². The van der Waals surface area contributed by atoms with Crippen LogP contribution in [0.3, 0.4) is 0 Å². The summed E-state index contributed by atoms with van der Waals surface area (Å²) in [5.41, 5.74) is 5.78. The molecule has 0 bridgehead atoms. The number of halogens is 1. The first-order valence-electron chi connectivity index (χ1n) is 3.41. The monoisotopic (exact) mass is 201 g/mol. The average Bonchev–Trinajstić information content (AvgIpc) is 1.96. The summed E-state index contributed by atoms with van der Waals surface area (Å²) in [7, 11) is 0. The summed E-state index contributed by atoms with van der Waals surface area (Å²) in [6.45, 7) is 2.89. The Labute approximate surface area is 70.1 Å². The van der Waals surface area contributed by atoms with Crippen LogP contribution in [-0.4, -0.2) is 6.54 Å². The van der Waals surface area contributed by atoms with Gasteiger partial charge in [0.05, 0.1) is 0 Å². The maximum Gasteiger partial charge on any atom is 0.0132 e. The maximum absolute atomic E-state index is 5.59. The van der Waals surface area contributed by atoms with Gasteiger partial charge in [0.1, 0.15) is 0 Å². The Balaban J connectivity index is 2.67. The Morgan fingerprint density at radius 1 is 1.80 bits per heavy atom. The lowest BCUT2D eigenvalue weighted by molar-refractivity contribution is 0.443. The van der Waals surface area contributed by atoms with Gasteiger partial charge in [0.25, 0.3) is 0 Å². The Kier molecular flexibility index (Phi) is 2.32. The zero-order valence-corrected chi connectivity index (χ0v) is 7.69. The first-order valence-corrected chi connectivity index (χ1v) is 4.20. The zero-order valence-electron chi connectivity index (χ0n) is 6.10. The van der Waals surface area contributed by atoms with Crippen LogP contribution in [0.15, 0.2) is 22.7 Å². The van der Waals surface area contributed by atoms with Gasteiger partial charge in [0.15, 0.2) is 0 Å². The standard InChI is InChI=1S/C8H12BrN/c1-8(6-10)4-2-7(9)3-5-8/h2-4H,5-6,10H2,1H3. The van der Waals surface area contributed by atoms with E-state index in [0.717, 1.165) is 13.0 Å². The highest BCUT2D eigenvalue weighted by atomic mass is 79.9. The molecule has 0 heterocycles. The lowest BCUT2D eigenvalue weighted by atomic mass is 9.84. The summed E-state index contributed by atoms with van der Waals surface area (Å²) < 4.78 is 1.17. The van der Waals surface area contributed by atoms with Crippen LogP contribution in [0.5, 0.6) is 0 Å². The third-order valence-corrected chi connectivity index (χ3v) is 2.46. The highest BCUT2D eigenvalue weighted by molar-refractivity contribution is 9.11. The van der Waals surface area contributed by atoms with Gasteiger partial charge in [-0.3, -0.25) is 0 Å². The summed E-state index contributed by atoms with van der Waals surface area (Å²) in [4.78, 5) is 0. The van der Waals surface area contributed by atoms with Crippen LogP contribution in [0, 0.1) is 5.41 Å². The molecule has 0 aromatic rings. The Hall–Kier alpha value is -0.0800. The molecule has 1 nitrogen and oxygen atoms in total. The zero-order chi connectivity index (χ0) is 7.61. The van der Waals surface area contributed by atoms with Gasteiger partial charge in [-0.1, -0.05) is 41.1 Å². The molecule has 0 fully saturated rings. The van der Waals surface area contributed by atoms with Gasteiger partial charge in [-0.15, -0.1) is 0 Å². The predicted molar refractivity (Wildman–Crippen MR) is 47.9 cm³/mol. The van der Waals surface area contributed by atoms with Crippen molar-refractivity contribution in [3.63, 3.8) is 0 Å². The van der Waals surface area contributed by atoms with Crippen LogP contribution in [0.2, 0.25) is 0 Å². The number of nitrogens with two attached hydrogens (primary N) is 1. The molecule has 0 spiro atoms. The smallest absolute Gasteiger partial charge is 0.0132 e. The second kappa shape index (κ2) is 2.89. The van der Waals surface area contributed by atoms with E-state index in [1.54, 1.807) is 0 Å². The fourth-order valence-electron chi connectivity index (χ4n) is 0.899. The first-order chi connectivity index (χ1) is 4.66. The van der Waals surface area contributed by atoms with Crippen molar-refractivity contribution < 1.29 is 0 Å². The van der Waals surface area contributed by atoms with E-state index in [-0.39, 0.29) is 5.41 Å². The molecular weight excluding hydrogens is 190 g/mol. The van der Waals surface area contributed by atoms with Crippen LogP contribution in [0.25, 0.3) is 0 Å². The molecule has 1 aliphatic carbocycles. The molecule has 1 atom stereocenters. The minimum Gasteiger partial charge on any atom is -0.330 e. The minimum atomic E-state index is 0.192. The van der Waals surface area contributed by atoms with Crippen molar-refractivity contribution >= 4 is 15.9 Å². The first kappa shape index (κ1) is 8.02. The molecule has 56 valence electrons. The molecule has 0 saturated carbocycles. The molecule has 1 rings (SSSR count). The van der Waals surface area contributed by atoms with Gasteiger partial charge >= 0.3 is 0 Å². The van der Waals surface area contributed by atoms with Gasteiger partial charge in [0.2, 0.25) is 0 Å². The van der Waals surface area contributed by atoms with Crippen LogP contribution >= 0.6 is 15.9 Å². The molecule has 0 amide bonds. The molecule has 0 saturated heterocycles. The molecular formula is C8H12BrN. The van der Waals surface area contributed by atoms with Gasteiger partial charge in [-0.25, -0.2) is 0 Å². The second-order valence-electron chi connectivity index (χ2n) is 2.98. The maximum atomic E-state index is 5.59. The van der Waals surface area contributed by atoms with E-state index in [2.05, 4.69) is 41.1 Å². The molecule has 0 radical (unpaired) electrons. The van der Waals surface area contributed by atoms with E-state index in [0.29, 0.717) is 0 Å². The third-order valence-electron chi connectivity index (χ3n) is 1.87. The average molecular weight is 202 g/mol. The quantitative estimate of drug-likeness (QED) is 0.692. The molecule has 0 aromatic heterocycles. The van der Waals surface area contributed by atoms with Crippen LogP contribution in [0.1, 0.15) is 13.3 Å². The highest BCUT2D eigenvalue weighted by Gasteiger charge is 2.19. The molecule has 2 heteroatoms. The van der Waals surface area contributed by atoms with Crippen LogP contribution < -0.4 is 5.73 Å². The van der Waals surface area contributed by atoms with E-state index < -0.39 is 0 Å². The molecule has 2 N–H and O–H groups in total. The number of allylic oxidation sites excluding steroid dienone is 3. The Morgan fingerprint density at radius 3 is 2.90 bits per heavy atom. The van der Waals surface area contributed by atoms with Crippen molar-refractivity contribution in [2.75, 3.05) is 6.54 Å². The van der Waals surface area contributed by atoms with E-state index in [9.17, 15) is 0 Å². The van der Waals surface area contributed by atoms with E-state index in [1.807, 2.05) is 0 Å². The summed E-state index contributed by atoms with van der Waals surface area (Å²) in [6, 6.07) is 0. The van der Waals surface area contributed by atoms with Crippen molar-refractivity contribution in [2.45, 2.75) is 13.3 Å². The molecule has 1 aliphatic rings. The van der Waals surface area contributed by atoms with Gasteiger partial charge in [0, 0.05) is 16.4 Å². The van der Waals surface area contributed by atoms with Crippen LogP contribution in [-0.2, 0) is 0 Å². The van der Waals surface area contributed by atoms with Crippen molar-refractivity contribution in [1.82, 2.24) is 0 Å². The minimum absolute atomic E-state index is 0.192. The lowest BCUT2D eigenvalue weighted by Gasteiger charge is -2.24. The van der Waals surface area contributed by atoms with E-state index in [4.69, 9.17) is 5.73 Å². The normalized spacial score (nSPS) is 32.1. The molecule has 10 heavy (non-hydrogen) atoms. The van der Waals surface area contributed by atoms with Crippen molar-refractivity contribution in [1.29, 1.82) is 0 Å². The molecule has 1 unspecified atom stereocenters. The largest absolute Gasteiger partial charge is 0.330 e. The SMILES string of the molecule is CC1(CN)C=CC(Br)=CC1. The Bertz CT molecular complexity index is 184. The summed E-state index contributed by atoms with van der Waals surface area (Å²) >= 11 is 3.40. The van der Waals surface area contributed by atoms with Gasteiger partial charge in [-0.05, 0) is 6.42 Å². The van der Waals surface area contributed by atoms with E-state index in [1.165, 1.54) is 4.48 Å². The van der Waals surface area contributed by atoms with Crippen molar-refractivity contribution in [2.24, 2.45) is 11.1 Å². The predicted octanol–water partition coefficient (Wildman–Crippen LogP) is 2.19. The highest BCUT2D eigenvalue weighted by Crippen LogP contribution is 2.29. The Morgan fingerprint density at radius 2 is 2.50 bits per heavy atom. The fourth-order valence-corrected chi connectivity index (χ4v) is 1.19. The molecule has 0 aromatic carbocycles. The van der Waals surface area contributed by atoms with Crippen LogP contribution in [0.4, 0.5) is 0 Å². The summed E-state index contributed by atoms with van der Waals surface area (Å²) in [6.07, 6.45) is 7.43. The van der Waals surface area contributed by atoms with Gasteiger partial charge in [-0.2, -0.15) is 0 Å². The second-order valence-corrected chi connectivity index (χ2v) is 3.90. The number of rotatable bonds is 1. The molecule has 0 aliphatic heterocycles. The number of hydrogen-bond acceptors (Lipinski definition) is 1. The summed E-state index contributed by atoms with van der Waals surface area (Å²) in [5, 5.41) is 0. The summed E-state index contributed by atoms with van der Waals surface area (Å²) in [5.74, 6) is 0. The van der Waals surface area contributed by atoms with E-state index >= 15 is 0 Å².